The third kappa shape index (κ3) is 3.04. The monoisotopic (exact) mass is 252 g/mol. The van der Waals surface area contributed by atoms with Crippen LogP contribution in [0.5, 0.6) is 0 Å². The van der Waals surface area contributed by atoms with Crippen LogP contribution in [-0.4, -0.2) is 38.9 Å². The Morgan fingerprint density at radius 2 is 2.17 bits per heavy atom. The zero-order valence-electron chi connectivity index (χ0n) is 11.1. The summed E-state index contributed by atoms with van der Waals surface area (Å²) >= 11 is 0. The number of hydrogen-bond donors (Lipinski definition) is 1. The normalized spacial score (nSPS) is 20.2. The third-order valence-electron chi connectivity index (χ3n) is 2.77. The summed E-state index contributed by atoms with van der Waals surface area (Å²) in [7, 11) is 0. The van der Waals surface area contributed by atoms with Crippen molar-refractivity contribution in [3.63, 3.8) is 0 Å². The van der Waals surface area contributed by atoms with Gasteiger partial charge in [-0.1, -0.05) is 0 Å². The van der Waals surface area contributed by atoms with Gasteiger partial charge in [0.2, 0.25) is 0 Å². The predicted molar refractivity (Wildman–Crippen MR) is 67.1 cm³/mol. The number of β-amino-alcohol motifs (C(OH)–C–C–N with tert-alkyl or cyclic N) is 1. The second-order valence-electron chi connectivity index (χ2n) is 5.67. The molecular formula is C13H20N2O3. The highest BCUT2D eigenvalue weighted by atomic mass is 16.6. The van der Waals surface area contributed by atoms with E-state index in [1.165, 1.54) is 0 Å². The van der Waals surface area contributed by atoms with E-state index < -0.39 is 11.7 Å². The van der Waals surface area contributed by atoms with Crippen LogP contribution >= 0.6 is 0 Å². The lowest BCUT2D eigenvalue weighted by Gasteiger charge is -2.27. The highest BCUT2D eigenvalue weighted by Gasteiger charge is 2.27. The van der Waals surface area contributed by atoms with Crippen LogP contribution in [0.3, 0.4) is 0 Å². The Hall–Kier alpha value is -1.49. The van der Waals surface area contributed by atoms with Crippen LogP contribution in [0.1, 0.15) is 26.5 Å². The lowest BCUT2D eigenvalue weighted by molar-refractivity contribution is 0.0139. The molecule has 0 aromatic carbocycles. The van der Waals surface area contributed by atoms with Crippen LogP contribution in [-0.2, 0) is 17.8 Å². The fourth-order valence-corrected chi connectivity index (χ4v) is 2.04. The van der Waals surface area contributed by atoms with Gasteiger partial charge >= 0.3 is 6.09 Å². The highest BCUT2D eigenvalue weighted by Crippen LogP contribution is 2.17. The molecule has 1 aliphatic rings. The van der Waals surface area contributed by atoms with Gasteiger partial charge in [-0.2, -0.15) is 0 Å². The van der Waals surface area contributed by atoms with Crippen molar-refractivity contribution >= 4 is 6.09 Å². The fraction of sp³-hybridized carbons (Fsp3) is 0.615. The van der Waals surface area contributed by atoms with E-state index in [1.807, 2.05) is 43.7 Å². The number of carbonyl (C=O) groups excluding carboxylic acids is 1. The maximum Gasteiger partial charge on any atom is 0.410 e. The number of nitrogens with zero attached hydrogens (tertiary/aromatic N) is 2. The fourth-order valence-electron chi connectivity index (χ4n) is 2.04. The second kappa shape index (κ2) is 4.65. The average Bonchev–Trinajstić information content (AvgIpc) is 2.55. The molecular weight excluding hydrogens is 232 g/mol. The molecule has 100 valence electrons. The van der Waals surface area contributed by atoms with Crippen molar-refractivity contribution in [1.82, 2.24) is 9.47 Å². The molecule has 0 fully saturated rings. The molecule has 1 aliphatic heterocycles. The lowest BCUT2D eigenvalue weighted by Crippen LogP contribution is -2.39. The van der Waals surface area contributed by atoms with Crippen molar-refractivity contribution in [2.75, 3.05) is 6.54 Å². The van der Waals surface area contributed by atoms with Crippen LogP contribution in [0.15, 0.2) is 18.3 Å². The van der Waals surface area contributed by atoms with Gasteiger partial charge in [0, 0.05) is 11.9 Å². The first kappa shape index (κ1) is 13.0. The predicted octanol–water partition coefficient (Wildman–Crippen LogP) is 1.60. The Labute approximate surface area is 107 Å². The Morgan fingerprint density at radius 1 is 1.44 bits per heavy atom. The number of aromatic nitrogens is 1. The number of ether oxygens (including phenoxy) is 1. The van der Waals surface area contributed by atoms with Gasteiger partial charge < -0.3 is 14.4 Å². The SMILES string of the molecule is CC(C)(C)OC(=O)N1Cc2cccn2C[C@@H](O)C1. The minimum Gasteiger partial charge on any atom is -0.444 e. The van der Waals surface area contributed by atoms with Crippen molar-refractivity contribution in [2.45, 2.75) is 45.6 Å². The van der Waals surface area contributed by atoms with Crippen LogP contribution < -0.4 is 0 Å². The number of amides is 1. The summed E-state index contributed by atoms with van der Waals surface area (Å²) < 4.78 is 7.31. The third-order valence-corrected chi connectivity index (χ3v) is 2.77. The summed E-state index contributed by atoms with van der Waals surface area (Å²) in [5.41, 5.74) is 0.494. The lowest BCUT2D eigenvalue weighted by atomic mass is 10.2. The van der Waals surface area contributed by atoms with Crippen molar-refractivity contribution in [2.24, 2.45) is 0 Å². The zero-order chi connectivity index (χ0) is 13.3. The van der Waals surface area contributed by atoms with Crippen LogP contribution in [0.25, 0.3) is 0 Å². The first-order chi connectivity index (χ1) is 8.35. The van der Waals surface area contributed by atoms with Crippen molar-refractivity contribution in [1.29, 1.82) is 0 Å². The second-order valence-corrected chi connectivity index (χ2v) is 5.67. The minimum absolute atomic E-state index is 0.302. The topological polar surface area (TPSA) is 54.7 Å². The molecule has 18 heavy (non-hydrogen) atoms. The van der Waals surface area contributed by atoms with Crippen LogP contribution in [0.2, 0.25) is 0 Å². The van der Waals surface area contributed by atoms with Gasteiger partial charge in [-0.3, -0.25) is 4.90 Å². The summed E-state index contributed by atoms with van der Waals surface area (Å²) in [6.07, 6.45) is 0.972. The molecule has 1 atom stereocenters. The Bertz CT molecular complexity index is 434. The van der Waals surface area contributed by atoms with Gasteiger partial charge in [0.25, 0.3) is 0 Å². The molecule has 1 aromatic rings. The Morgan fingerprint density at radius 3 is 2.83 bits per heavy atom. The molecule has 5 nitrogen and oxygen atoms in total. The van der Waals surface area contributed by atoms with E-state index in [0.717, 1.165) is 5.69 Å². The molecule has 5 heteroatoms. The van der Waals surface area contributed by atoms with Gasteiger partial charge in [-0.25, -0.2) is 4.79 Å². The summed E-state index contributed by atoms with van der Waals surface area (Å²) in [5, 5.41) is 9.90. The average molecular weight is 252 g/mol. The van der Waals surface area contributed by atoms with E-state index in [9.17, 15) is 9.90 Å². The molecule has 0 radical (unpaired) electrons. The zero-order valence-corrected chi connectivity index (χ0v) is 11.1. The van der Waals surface area contributed by atoms with E-state index in [-0.39, 0.29) is 6.09 Å². The van der Waals surface area contributed by atoms with Crippen molar-refractivity contribution in [3.05, 3.63) is 24.0 Å². The number of aliphatic hydroxyl groups excluding tert-OH is 1. The van der Waals surface area contributed by atoms with Crippen LogP contribution in [0, 0.1) is 0 Å². The standard InChI is InChI=1S/C13H20N2O3/c1-13(2,3)18-12(17)15-7-10-5-4-6-14(10)8-11(16)9-15/h4-6,11,16H,7-9H2,1-3H3/t11-/m1/s1. The van der Waals surface area contributed by atoms with Gasteiger partial charge in [0.1, 0.15) is 5.60 Å². The maximum atomic E-state index is 12.0. The summed E-state index contributed by atoms with van der Waals surface area (Å²) in [4.78, 5) is 13.6. The quantitative estimate of drug-likeness (QED) is 0.763. The smallest absolute Gasteiger partial charge is 0.410 e. The number of hydrogen-bond acceptors (Lipinski definition) is 3. The molecule has 2 rings (SSSR count). The van der Waals surface area contributed by atoms with E-state index >= 15 is 0 Å². The Balaban J connectivity index is 2.12. The van der Waals surface area contributed by atoms with Gasteiger partial charge in [0.15, 0.2) is 0 Å². The van der Waals surface area contributed by atoms with Crippen molar-refractivity contribution < 1.29 is 14.6 Å². The first-order valence-electron chi connectivity index (χ1n) is 6.15. The van der Waals surface area contributed by atoms with E-state index in [1.54, 1.807) is 4.90 Å². The molecule has 1 N–H and O–H groups in total. The van der Waals surface area contributed by atoms with Gasteiger partial charge in [-0.15, -0.1) is 0 Å². The van der Waals surface area contributed by atoms with Crippen LogP contribution in [0.4, 0.5) is 4.79 Å². The molecule has 1 amide bonds. The largest absolute Gasteiger partial charge is 0.444 e. The van der Waals surface area contributed by atoms with E-state index in [2.05, 4.69) is 0 Å². The van der Waals surface area contributed by atoms with Gasteiger partial charge in [0.05, 0.1) is 25.7 Å². The van der Waals surface area contributed by atoms with Crippen molar-refractivity contribution in [3.8, 4) is 0 Å². The summed E-state index contributed by atoms with van der Waals surface area (Å²) in [6, 6.07) is 3.87. The van der Waals surface area contributed by atoms with E-state index in [0.29, 0.717) is 19.6 Å². The molecule has 0 saturated heterocycles. The summed E-state index contributed by atoms with van der Waals surface area (Å²) in [6.45, 7) is 6.79. The molecule has 1 aromatic heterocycles. The maximum absolute atomic E-state index is 12.0. The van der Waals surface area contributed by atoms with Gasteiger partial charge in [-0.05, 0) is 32.9 Å². The Kier molecular flexibility index (Phi) is 3.34. The number of rotatable bonds is 0. The number of fused-ring (bicyclic) bond motifs is 1. The molecule has 0 bridgehead atoms. The number of carbonyl (C=O) groups is 1. The first-order valence-corrected chi connectivity index (χ1v) is 6.15. The molecule has 0 aliphatic carbocycles. The molecule has 0 unspecified atom stereocenters. The highest BCUT2D eigenvalue weighted by molar-refractivity contribution is 5.68. The molecule has 2 heterocycles. The minimum atomic E-state index is -0.564. The summed E-state index contributed by atoms with van der Waals surface area (Å²) in [5.74, 6) is 0. The number of aliphatic hydroxyl groups is 1. The van der Waals surface area contributed by atoms with E-state index in [4.69, 9.17) is 4.74 Å². The molecule has 0 spiro atoms. The molecule has 0 saturated carbocycles.